The Balaban J connectivity index is 2.56. The third-order valence-corrected chi connectivity index (χ3v) is 4.12. The quantitative estimate of drug-likeness (QED) is 0.817. The van der Waals surface area contributed by atoms with Crippen molar-refractivity contribution in [3.63, 3.8) is 0 Å². The van der Waals surface area contributed by atoms with Gasteiger partial charge in [-0.3, -0.25) is 4.90 Å². The number of nitrogens with zero attached hydrogens (tertiary/aromatic N) is 1. The Labute approximate surface area is 108 Å². The molecule has 0 bridgehead atoms. The lowest BCUT2D eigenvalue weighted by molar-refractivity contribution is 0.0491. The van der Waals surface area contributed by atoms with E-state index in [9.17, 15) is 0 Å². The number of likely N-dealkylation sites (tertiary alicyclic amines) is 1. The van der Waals surface area contributed by atoms with E-state index in [0.717, 1.165) is 5.92 Å². The van der Waals surface area contributed by atoms with Gasteiger partial charge in [-0.15, -0.1) is 0 Å². The first kappa shape index (κ1) is 15.0. The van der Waals surface area contributed by atoms with E-state index >= 15 is 0 Å². The van der Waals surface area contributed by atoms with Crippen LogP contribution in [0.3, 0.4) is 0 Å². The van der Waals surface area contributed by atoms with Crippen LogP contribution in [0.5, 0.6) is 0 Å². The first-order valence-electron chi connectivity index (χ1n) is 7.36. The maximum atomic E-state index is 6.21. The van der Waals surface area contributed by atoms with Gasteiger partial charge in [-0.2, -0.15) is 0 Å². The third kappa shape index (κ3) is 4.26. The van der Waals surface area contributed by atoms with Gasteiger partial charge in [0.2, 0.25) is 0 Å². The molecule has 0 amide bonds. The molecule has 1 heterocycles. The summed E-state index contributed by atoms with van der Waals surface area (Å²) in [7, 11) is 0. The number of nitrogens with two attached hydrogens (primary N) is 1. The highest BCUT2D eigenvalue weighted by molar-refractivity contribution is 4.91. The van der Waals surface area contributed by atoms with Gasteiger partial charge in [0.15, 0.2) is 0 Å². The van der Waals surface area contributed by atoms with Crippen molar-refractivity contribution in [3.8, 4) is 0 Å². The molecule has 1 aliphatic rings. The van der Waals surface area contributed by atoms with E-state index in [0.29, 0.717) is 6.04 Å². The Morgan fingerprint density at radius 1 is 1.24 bits per heavy atom. The van der Waals surface area contributed by atoms with E-state index in [4.69, 9.17) is 5.73 Å². The van der Waals surface area contributed by atoms with Crippen molar-refractivity contribution >= 4 is 0 Å². The molecule has 0 aromatic rings. The molecule has 0 spiro atoms. The summed E-state index contributed by atoms with van der Waals surface area (Å²) < 4.78 is 0. The summed E-state index contributed by atoms with van der Waals surface area (Å²) in [6, 6.07) is 0.780. The fourth-order valence-corrected chi connectivity index (χ4v) is 3.60. The lowest BCUT2D eigenvalue weighted by Crippen LogP contribution is -2.55. The predicted octanol–water partition coefficient (Wildman–Crippen LogP) is 3.26. The van der Waals surface area contributed by atoms with E-state index in [1.165, 1.54) is 38.8 Å². The Hall–Kier alpha value is -0.0800. The van der Waals surface area contributed by atoms with Crippen LogP contribution in [-0.2, 0) is 0 Å². The minimum Gasteiger partial charge on any atom is -0.327 e. The largest absolute Gasteiger partial charge is 0.327 e. The Morgan fingerprint density at radius 3 is 2.12 bits per heavy atom. The van der Waals surface area contributed by atoms with E-state index in [2.05, 4.69) is 39.5 Å². The molecule has 17 heavy (non-hydrogen) atoms. The molecule has 2 nitrogen and oxygen atoms in total. The predicted molar refractivity (Wildman–Crippen MR) is 76.1 cm³/mol. The molecule has 1 fully saturated rings. The Bertz CT molecular complexity index is 209. The minimum absolute atomic E-state index is 0.262. The van der Waals surface area contributed by atoms with Gasteiger partial charge in [0, 0.05) is 12.1 Å². The van der Waals surface area contributed by atoms with Gasteiger partial charge in [-0.25, -0.2) is 0 Å². The maximum absolute atomic E-state index is 6.21. The minimum atomic E-state index is 0.262. The summed E-state index contributed by atoms with van der Waals surface area (Å²) in [4.78, 5) is 2.64. The molecule has 0 aromatic heterocycles. The number of piperidine rings is 1. The van der Waals surface area contributed by atoms with Crippen molar-refractivity contribution in [2.24, 2.45) is 17.1 Å². The van der Waals surface area contributed by atoms with Crippen molar-refractivity contribution in [1.29, 1.82) is 0 Å². The second kappa shape index (κ2) is 6.19. The van der Waals surface area contributed by atoms with Gasteiger partial charge in [0.05, 0.1) is 0 Å². The number of hydrogen-bond donors (Lipinski definition) is 1. The molecule has 1 aliphatic heterocycles. The van der Waals surface area contributed by atoms with Gasteiger partial charge in [0.1, 0.15) is 0 Å². The molecule has 1 rings (SSSR count). The SMILES string of the molecule is CCCC1CCN(C(C(C)N)C(C)(C)C)CC1. The highest BCUT2D eigenvalue weighted by atomic mass is 15.2. The topological polar surface area (TPSA) is 29.3 Å². The average molecular weight is 240 g/mol. The van der Waals surface area contributed by atoms with E-state index in [-0.39, 0.29) is 11.5 Å². The fraction of sp³-hybridized carbons (Fsp3) is 1.00. The van der Waals surface area contributed by atoms with Gasteiger partial charge >= 0.3 is 0 Å². The average Bonchev–Trinajstić information content (AvgIpc) is 2.18. The van der Waals surface area contributed by atoms with Gasteiger partial charge in [-0.1, -0.05) is 40.5 Å². The highest BCUT2D eigenvalue weighted by Gasteiger charge is 2.34. The summed E-state index contributed by atoms with van der Waals surface area (Å²) in [5.74, 6) is 0.963. The molecular weight excluding hydrogens is 208 g/mol. The molecule has 0 aliphatic carbocycles. The molecule has 0 aromatic carbocycles. The van der Waals surface area contributed by atoms with Crippen LogP contribution in [0.15, 0.2) is 0 Å². The monoisotopic (exact) mass is 240 g/mol. The van der Waals surface area contributed by atoms with Gasteiger partial charge in [0.25, 0.3) is 0 Å². The first-order valence-corrected chi connectivity index (χ1v) is 7.36. The van der Waals surface area contributed by atoms with Crippen LogP contribution in [-0.4, -0.2) is 30.1 Å². The van der Waals surface area contributed by atoms with Crippen LogP contribution in [0.1, 0.15) is 60.3 Å². The molecule has 1 saturated heterocycles. The standard InChI is InChI=1S/C15H32N2/c1-6-7-13-8-10-17(11-9-13)14(12(2)16)15(3,4)5/h12-14H,6-11,16H2,1-5H3. The van der Waals surface area contributed by atoms with Crippen molar-refractivity contribution in [2.75, 3.05) is 13.1 Å². The molecule has 102 valence electrons. The van der Waals surface area contributed by atoms with E-state index in [1.807, 2.05) is 0 Å². The highest BCUT2D eigenvalue weighted by Crippen LogP contribution is 2.31. The molecule has 2 unspecified atom stereocenters. The number of hydrogen-bond acceptors (Lipinski definition) is 2. The summed E-state index contributed by atoms with van der Waals surface area (Å²) in [5.41, 5.74) is 6.49. The fourth-order valence-electron chi connectivity index (χ4n) is 3.60. The van der Waals surface area contributed by atoms with Crippen LogP contribution in [0, 0.1) is 11.3 Å². The summed E-state index contributed by atoms with van der Waals surface area (Å²) in [6.45, 7) is 13.9. The maximum Gasteiger partial charge on any atom is 0.0292 e. The lowest BCUT2D eigenvalue weighted by atomic mass is 9.80. The molecule has 2 heteroatoms. The van der Waals surface area contributed by atoms with Crippen LogP contribution in [0.4, 0.5) is 0 Å². The lowest BCUT2D eigenvalue weighted by Gasteiger charge is -2.45. The van der Waals surface area contributed by atoms with E-state index < -0.39 is 0 Å². The van der Waals surface area contributed by atoms with Crippen LogP contribution >= 0.6 is 0 Å². The van der Waals surface area contributed by atoms with Crippen LogP contribution in [0.2, 0.25) is 0 Å². The Morgan fingerprint density at radius 2 is 1.76 bits per heavy atom. The van der Waals surface area contributed by atoms with Gasteiger partial charge in [-0.05, 0) is 44.2 Å². The van der Waals surface area contributed by atoms with Crippen LogP contribution in [0.25, 0.3) is 0 Å². The zero-order valence-electron chi connectivity index (χ0n) is 12.5. The van der Waals surface area contributed by atoms with Crippen molar-refractivity contribution < 1.29 is 0 Å². The summed E-state index contributed by atoms with van der Waals surface area (Å²) in [6.07, 6.45) is 5.48. The molecule has 0 saturated carbocycles. The zero-order chi connectivity index (χ0) is 13.1. The molecule has 2 atom stereocenters. The van der Waals surface area contributed by atoms with Gasteiger partial charge < -0.3 is 5.73 Å². The van der Waals surface area contributed by atoms with Crippen LogP contribution < -0.4 is 5.73 Å². The molecule has 2 N–H and O–H groups in total. The number of rotatable bonds is 4. The second-order valence-corrected chi connectivity index (χ2v) is 6.94. The van der Waals surface area contributed by atoms with Crippen molar-refractivity contribution in [3.05, 3.63) is 0 Å². The third-order valence-electron chi connectivity index (χ3n) is 4.12. The molecule has 0 radical (unpaired) electrons. The Kier molecular flexibility index (Phi) is 5.46. The van der Waals surface area contributed by atoms with Crippen molar-refractivity contribution in [2.45, 2.75) is 72.4 Å². The smallest absolute Gasteiger partial charge is 0.0292 e. The normalized spacial score (nSPS) is 23.6. The molecular formula is C15H32N2. The van der Waals surface area contributed by atoms with Crippen molar-refractivity contribution in [1.82, 2.24) is 4.90 Å². The van der Waals surface area contributed by atoms with E-state index in [1.54, 1.807) is 0 Å². The second-order valence-electron chi connectivity index (χ2n) is 6.94. The zero-order valence-corrected chi connectivity index (χ0v) is 12.5. The summed E-state index contributed by atoms with van der Waals surface area (Å²) >= 11 is 0. The summed E-state index contributed by atoms with van der Waals surface area (Å²) in [5, 5.41) is 0. The first-order chi connectivity index (χ1) is 7.86.